The van der Waals surface area contributed by atoms with Gasteiger partial charge in [0.05, 0.1) is 6.61 Å². The van der Waals surface area contributed by atoms with E-state index in [1.807, 2.05) is 29.6 Å². The molecule has 6 heteroatoms. The van der Waals surface area contributed by atoms with Crippen molar-refractivity contribution in [2.24, 2.45) is 5.92 Å². The molecule has 1 aliphatic rings. The van der Waals surface area contributed by atoms with Gasteiger partial charge in [-0.1, -0.05) is 6.92 Å². The van der Waals surface area contributed by atoms with Gasteiger partial charge in [0.25, 0.3) is 5.91 Å². The van der Waals surface area contributed by atoms with E-state index in [4.69, 9.17) is 4.74 Å². The fraction of sp³-hybridized carbons (Fsp3) is 0.474. The zero-order valence-electron chi connectivity index (χ0n) is 14.6. The molecule has 0 bridgehead atoms. The van der Waals surface area contributed by atoms with E-state index >= 15 is 0 Å². The summed E-state index contributed by atoms with van der Waals surface area (Å²) in [6.07, 6.45) is 3.22. The second-order valence-electron chi connectivity index (χ2n) is 6.31. The summed E-state index contributed by atoms with van der Waals surface area (Å²) in [5.41, 5.74) is 1.50. The Morgan fingerprint density at radius 3 is 2.96 bits per heavy atom. The highest BCUT2D eigenvalue weighted by Gasteiger charge is 2.15. The number of nitrogens with zero attached hydrogens (tertiary/aromatic N) is 1. The van der Waals surface area contributed by atoms with E-state index in [-0.39, 0.29) is 5.91 Å². The summed E-state index contributed by atoms with van der Waals surface area (Å²) in [6, 6.07) is 7.86. The molecule has 0 radical (unpaired) electrons. The molecule has 1 aromatic heterocycles. The summed E-state index contributed by atoms with van der Waals surface area (Å²) in [4.78, 5) is 16.7. The Morgan fingerprint density at radius 1 is 1.40 bits per heavy atom. The summed E-state index contributed by atoms with van der Waals surface area (Å²) in [5, 5.41) is 9.00. The lowest BCUT2D eigenvalue weighted by atomic mass is 10.1. The Morgan fingerprint density at radius 2 is 2.24 bits per heavy atom. The first-order chi connectivity index (χ1) is 12.3. The maximum Gasteiger partial charge on any atom is 0.270 e. The van der Waals surface area contributed by atoms with Crippen LogP contribution in [-0.2, 0) is 0 Å². The molecule has 1 saturated heterocycles. The average Bonchev–Trinajstić information content (AvgIpc) is 3.32. The van der Waals surface area contributed by atoms with Gasteiger partial charge in [0.2, 0.25) is 0 Å². The molecule has 1 unspecified atom stereocenters. The van der Waals surface area contributed by atoms with Gasteiger partial charge < -0.3 is 15.4 Å². The smallest absolute Gasteiger partial charge is 0.270 e. The van der Waals surface area contributed by atoms with Crippen molar-refractivity contribution >= 4 is 17.2 Å². The van der Waals surface area contributed by atoms with Crippen LogP contribution in [0.15, 0.2) is 29.6 Å². The van der Waals surface area contributed by atoms with Crippen molar-refractivity contribution in [3.8, 4) is 16.3 Å². The maximum absolute atomic E-state index is 12.2. The van der Waals surface area contributed by atoms with E-state index in [9.17, 15) is 4.79 Å². The number of nitrogens with one attached hydrogen (secondary N) is 2. The number of carbonyl (C=O) groups is 1. The molecule has 1 aromatic carbocycles. The Balaban J connectivity index is 1.53. The van der Waals surface area contributed by atoms with E-state index in [0.717, 1.165) is 48.9 Å². The lowest BCUT2D eigenvalue weighted by Gasteiger charge is -2.08. The molecular weight excluding hydrogens is 334 g/mol. The highest BCUT2D eigenvalue weighted by molar-refractivity contribution is 7.13. The minimum atomic E-state index is -0.0867. The van der Waals surface area contributed by atoms with E-state index in [0.29, 0.717) is 18.2 Å². The average molecular weight is 359 g/mol. The fourth-order valence-corrected chi connectivity index (χ4v) is 3.67. The number of amides is 1. The SMILES string of the molecule is CCCOc1ccc(-c2nc(C(=O)NCCC3CCNC3)cs2)cc1. The van der Waals surface area contributed by atoms with Crippen molar-refractivity contribution in [2.75, 3.05) is 26.2 Å². The molecule has 1 atom stereocenters. The van der Waals surface area contributed by atoms with Crippen LogP contribution in [-0.4, -0.2) is 37.1 Å². The number of hydrogen-bond acceptors (Lipinski definition) is 5. The Labute approximate surface area is 152 Å². The van der Waals surface area contributed by atoms with Crippen LogP contribution in [0.3, 0.4) is 0 Å². The van der Waals surface area contributed by atoms with Crippen LogP contribution in [0.1, 0.15) is 36.7 Å². The van der Waals surface area contributed by atoms with Crippen molar-refractivity contribution in [3.05, 3.63) is 35.3 Å². The van der Waals surface area contributed by atoms with Crippen molar-refractivity contribution < 1.29 is 9.53 Å². The Kier molecular flexibility index (Phi) is 6.42. The molecule has 1 aliphatic heterocycles. The molecular formula is C19H25N3O2S. The molecule has 0 aliphatic carbocycles. The first-order valence-electron chi connectivity index (χ1n) is 8.94. The number of hydrogen-bond donors (Lipinski definition) is 2. The number of benzene rings is 1. The molecule has 2 heterocycles. The standard InChI is InChI=1S/C19H25N3O2S/c1-2-11-24-16-5-3-15(4-6-16)19-22-17(13-25-19)18(23)21-10-8-14-7-9-20-12-14/h3-6,13-14,20H,2,7-12H2,1H3,(H,21,23). The number of carbonyl (C=O) groups excluding carboxylic acids is 1. The van der Waals surface area contributed by atoms with Crippen LogP contribution >= 0.6 is 11.3 Å². The lowest BCUT2D eigenvalue weighted by Crippen LogP contribution is -2.26. The number of ether oxygens (including phenoxy) is 1. The summed E-state index contributed by atoms with van der Waals surface area (Å²) in [5.74, 6) is 1.46. The lowest BCUT2D eigenvalue weighted by molar-refractivity contribution is 0.0947. The van der Waals surface area contributed by atoms with E-state index < -0.39 is 0 Å². The molecule has 5 nitrogen and oxygen atoms in total. The first kappa shape index (κ1) is 17.9. The molecule has 2 aromatic rings. The summed E-state index contributed by atoms with van der Waals surface area (Å²) >= 11 is 1.49. The van der Waals surface area contributed by atoms with Gasteiger partial charge in [0.15, 0.2) is 0 Å². The normalized spacial score (nSPS) is 16.8. The zero-order chi connectivity index (χ0) is 17.5. The molecule has 2 N–H and O–H groups in total. The highest BCUT2D eigenvalue weighted by atomic mass is 32.1. The second-order valence-corrected chi connectivity index (χ2v) is 7.17. The summed E-state index contributed by atoms with van der Waals surface area (Å²) < 4.78 is 5.59. The first-order valence-corrected chi connectivity index (χ1v) is 9.82. The van der Waals surface area contributed by atoms with Gasteiger partial charge in [-0.05, 0) is 62.5 Å². The van der Waals surface area contributed by atoms with Gasteiger partial charge in [-0.25, -0.2) is 4.98 Å². The largest absolute Gasteiger partial charge is 0.494 e. The van der Waals surface area contributed by atoms with Crippen molar-refractivity contribution in [1.29, 1.82) is 0 Å². The van der Waals surface area contributed by atoms with Crippen LogP contribution < -0.4 is 15.4 Å². The number of thiazole rings is 1. The van der Waals surface area contributed by atoms with Crippen molar-refractivity contribution in [3.63, 3.8) is 0 Å². The molecule has 1 fully saturated rings. The molecule has 0 saturated carbocycles. The predicted octanol–water partition coefficient (Wildman–Crippen LogP) is 3.33. The molecule has 134 valence electrons. The van der Waals surface area contributed by atoms with Crippen molar-refractivity contribution in [2.45, 2.75) is 26.2 Å². The second kappa shape index (κ2) is 8.97. The number of aromatic nitrogens is 1. The van der Waals surface area contributed by atoms with Crippen LogP contribution in [0.5, 0.6) is 5.75 Å². The minimum Gasteiger partial charge on any atom is -0.494 e. The third kappa shape index (κ3) is 5.03. The van der Waals surface area contributed by atoms with Gasteiger partial charge >= 0.3 is 0 Å². The molecule has 25 heavy (non-hydrogen) atoms. The third-order valence-corrected chi connectivity index (χ3v) is 5.20. The fourth-order valence-electron chi connectivity index (χ4n) is 2.87. The minimum absolute atomic E-state index is 0.0867. The van der Waals surface area contributed by atoms with Crippen molar-refractivity contribution in [1.82, 2.24) is 15.6 Å². The van der Waals surface area contributed by atoms with E-state index in [1.54, 1.807) is 0 Å². The molecule has 3 rings (SSSR count). The highest BCUT2D eigenvalue weighted by Crippen LogP contribution is 2.26. The monoisotopic (exact) mass is 359 g/mol. The number of rotatable bonds is 8. The van der Waals surface area contributed by atoms with Gasteiger partial charge in [-0.15, -0.1) is 11.3 Å². The molecule has 1 amide bonds. The predicted molar refractivity (Wildman–Crippen MR) is 101 cm³/mol. The topological polar surface area (TPSA) is 63.2 Å². The molecule has 0 spiro atoms. The van der Waals surface area contributed by atoms with Crippen LogP contribution in [0, 0.1) is 5.92 Å². The van der Waals surface area contributed by atoms with Gasteiger partial charge in [-0.2, -0.15) is 0 Å². The quantitative estimate of drug-likeness (QED) is 0.759. The Hall–Kier alpha value is -1.92. The summed E-state index contributed by atoms with van der Waals surface area (Å²) in [7, 11) is 0. The van der Waals surface area contributed by atoms with Crippen LogP contribution in [0.2, 0.25) is 0 Å². The summed E-state index contributed by atoms with van der Waals surface area (Å²) in [6.45, 7) is 5.67. The zero-order valence-corrected chi connectivity index (χ0v) is 15.4. The third-order valence-electron chi connectivity index (χ3n) is 4.31. The van der Waals surface area contributed by atoms with Gasteiger partial charge in [0, 0.05) is 17.5 Å². The maximum atomic E-state index is 12.2. The van der Waals surface area contributed by atoms with Crippen LogP contribution in [0.4, 0.5) is 0 Å². The van der Waals surface area contributed by atoms with Gasteiger partial charge in [-0.3, -0.25) is 4.79 Å². The van der Waals surface area contributed by atoms with E-state index in [1.165, 1.54) is 17.8 Å². The van der Waals surface area contributed by atoms with Crippen LogP contribution in [0.25, 0.3) is 10.6 Å². The van der Waals surface area contributed by atoms with E-state index in [2.05, 4.69) is 22.5 Å². The Bertz CT molecular complexity index is 678. The van der Waals surface area contributed by atoms with Gasteiger partial charge in [0.1, 0.15) is 16.5 Å².